The molecule has 0 aliphatic carbocycles. The Balaban J connectivity index is 2.46. The molecule has 1 atom stereocenters. The molecule has 0 aliphatic heterocycles. The summed E-state index contributed by atoms with van der Waals surface area (Å²) < 4.78 is 0. The molecule has 1 aromatic carbocycles. The highest BCUT2D eigenvalue weighted by molar-refractivity contribution is 5.39. The van der Waals surface area contributed by atoms with Crippen LogP contribution >= 0.6 is 0 Å². The number of benzene rings is 1. The fourth-order valence-electron chi connectivity index (χ4n) is 2.19. The standard InChI is InChI=1S/C16H20N2/c1-16(2,3)14-9-5-4-8-13(14)15(17)12-7-6-10-18-11-12/h4-11,15H,17H2,1-3H3. The van der Waals surface area contributed by atoms with Crippen molar-refractivity contribution in [1.82, 2.24) is 4.98 Å². The number of aromatic nitrogens is 1. The fourth-order valence-corrected chi connectivity index (χ4v) is 2.19. The Morgan fingerprint density at radius 2 is 1.78 bits per heavy atom. The molecule has 0 saturated carbocycles. The van der Waals surface area contributed by atoms with Crippen molar-refractivity contribution < 1.29 is 0 Å². The number of rotatable bonds is 2. The minimum atomic E-state index is -0.117. The van der Waals surface area contributed by atoms with Gasteiger partial charge in [-0.1, -0.05) is 51.1 Å². The first-order chi connectivity index (χ1) is 8.50. The monoisotopic (exact) mass is 240 g/mol. The van der Waals surface area contributed by atoms with Crippen molar-refractivity contribution >= 4 is 0 Å². The minimum Gasteiger partial charge on any atom is -0.320 e. The summed E-state index contributed by atoms with van der Waals surface area (Å²) in [6.45, 7) is 6.63. The van der Waals surface area contributed by atoms with Crippen LogP contribution in [0.5, 0.6) is 0 Å². The van der Waals surface area contributed by atoms with Gasteiger partial charge in [-0.05, 0) is 28.2 Å². The molecule has 2 aromatic rings. The van der Waals surface area contributed by atoms with Gasteiger partial charge in [0.1, 0.15) is 0 Å². The number of nitrogens with zero attached hydrogens (tertiary/aromatic N) is 1. The highest BCUT2D eigenvalue weighted by Crippen LogP contribution is 2.31. The number of hydrogen-bond acceptors (Lipinski definition) is 2. The van der Waals surface area contributed by atoms with Gasteiger partial charge in [-0.25, -0.2) is 0 Å². The predicted octanol–water partition coefficient (Wildman–Crippen LogP) is 3.43. The molecule has 2 N–H and O–H groups in total. The Bertz CT molecular complexity index is 512. The van der Waals surface area contributed by atoms with Crippen molar-refractivity contribution in [2.45, 2.75) is 32.2 Å². The fraction of sp³-hybridized carbons (Fsp3) is 0.312. The van der Waals surface area contributed by atoms with Crippen LogP contribution in [0.2, 0.25) is 0 Å². The van der Waals surface area contributed by atoms with E-state index in [1.54, 1.807) is 6.20 Å². The lowest BCUT2D eigenvalue weighted by Crippen LogP contribution is -2.20. The summed E-state index contributed by atoms with van der Waals surface area (Å²) in [5.74, 6) is 0. The smallest absolute Gasteiger partial charge is 0.0569 e. The molecular weight excluding hydrogens is 220 g/mol. The lowest BCUT2D eigenvalue weighted by molar-refractivity contribution is 0.577. The molecule has 2 heteroatoms. The van der Waals surface area contributed by atoms with E-state index >= 15 is 0 Å². The average Bonchev–Trinajstić information content (AvgIpc) is 2.38. The van der Waals surface area contributed by atoms with Gasteiger partial charge in [0, 0.05) is 12.4 Å². The second-order valence-corrected chi connectivity index (χ2v) is 5.60. The molecule has 0 radical (unpaired) electrons. The van der Waals surface area contributed by atoms with Crippen LogP contribution in [0.1, 0.15) is 43.5 Å². The maximum atomic E-state index is 6.37. The first-order valence-corrected chi connectivity index (χ1v) is 6.25. The van der Waals surface area contributed by atoms with Crippen molar-refractivity contribution in [3.63, 3.8) is 0 Å². The zero-order valence-corrected chi connectivity index (χ0v) is 11.2. The first-order valence-electron chi connectivity index (χ1n) is 6.25. The zero-order valence-electron chi connectivity index (χ0n) is 11.2. The van der Waals surface area contributed by atoms with Crippen molar-refractivity contribution in [2.75, 3.05) is 0 Å². The molecule has 0 bridgehead atoms. The maximum absolute atomic E-state index is 6.37. The van der Waals surface area contributed by atoms with Crippen LogP contribution in [0, 0.1) is 0 Å². The maximum Gasteiger partial charge on any atom is 0.0569 e. The average molecular weight is 240 g/mol. The van der Waals surface area contributed by atoms with Gasteiger partial charge in [-0.2, -0.15) is 0 Å². The molecule has 0 saturated heterocycles. The van der Waals surface area contributed by atoms with Gasteiger partial charge in [-0.3, -0.25) is 4.98 Å². The summed E-state index contributed by atoms with van der Waals surface area (Å²) in [6.07, 6.45) is 3.61. The third-order valence-corrected chi connectivity index (χ3v) is 3.15. The van der Waals surface area contributed by atoms with Gasteiger partial charge < -0.3 is 5.73 Å². The Morgan fingerprint density at radius 1 is 1.06 bits per heavy atom. The summed E-state index contributed by atoms with van der Waals surface area (Å²) in [6, 6.07) is 12.2. The highest BCUT2D eigenvalue weighted by Gasteiger charge is 2.21. The van der Waals surface area contributed by atoms with Crippen LogP contribution < -0.4 is 5.73 Å². The Hall–Kier alpha value is -1.67. The minimum absolute atomic E-state index is 0.0937. The van der Waals surface area contributed by atoms with E-state index in [-0.39, 0.29) is 11.5 Å². The molecule has 0 spiro atoms. The van der Waals surface area contributed by atoms with E-state index in [4.69, 9.17) is 5.73 Å². The molecule has 0 fully saturated rings. The molecule has 2 nitrogen and oxygen atoms in total. The van der Waals surface area contributed by atoms with Crippen molar-refractivity contribution in [3.05, 3.63) is 65.5 Å². The van der Waals surface area contributed by atoms with Gasteiger partial charge in [0.25, 0.3) is 0 Å². The van der Waals surface area contributed by atoms with E-state index < -0.39 is 0 Å². The van der Waals surface area contributed by atoms with Crippen molar-refractivity contribution in [3.8, 4) is 0 Å². The van der Waals surface area contributed by atoms with Crippen molar-refractivity contribution in [2.24, 2.45) is 5.73 Å². The highest BCUT2D eigenvalue weighted by atomic mass is 14.7. The summed E-state index contributed by atoms with van der Waals surface area (Å²) in [5, 5.41) is 0. The summed E-state index contributed by atoms with van der Waals surface area (Å²) in [5.41, 5.74) is 9.99. The van der Waals surface area contributed by atoms with E-state index in [1.165, 1.54) is 11.1 Å². The van der Waals surface area contributed by atoms with Crippen LogP contribution in [-0.4, -0.2) is 4.98 Å². The third kappa shape index (κ3) is 2.59. The normalized spacial score (nSPS) is 13.3. The second kappa shape index (κ2) is 4.91. The van der Waals surface area contributed by atoms with E-state index in [2.05, 4.69) is 44.0 Å². The number of hydrogen-bond donors (Lipinski definition) is 1. The summed E-state index contributed by atoms with van der Waals surface area (Å²) >= 11 is 0. The number of pyridine rings is 1. The van der Waals surface area contributed by atoms with Crippen LogP contribution in [0.3, 0.4) is 0 Å². The van der Waals surface area contributed by atoms with Crippen LogP contribution in [0.4, 0.5) is 0 Å². The summed E-state index contributed by atoms with van der Waals surface area (Å²) in [4.78, 5) is 4.14. The number of nitrogens with two attached hydrogens (primary N) is 1. The topological polar surface area (TPSA) is 38.9 Å². The van der Waals surface area contributed by atoms with Crippen LogP contribution in [0.25, 0.3) is 0 Å². The molecule has 2 rings (SSSR count). The molecule has 0 amide bonds. The van der Waals surface area contributed by atoms with Gasteiger partial charge >= 0.3 is 0 Å². The third-order valence-electron chi connectivity index (χ3n) is 3.15. The SMILES string of the molecule is CC(C)(C)c1ccccc1C(N)c1cccnc1. The largest absolute Gasteiger partial charge is 0.320 e. The van der Waals surface area contributed by atoms with Gasteiger partial charge in [0.05, 0.1) is 6.04 Å². The predicted molar refractivity (Wildman–Crippen MR) is 75.4 cm³/mol. The van der Waals surface area contributed by atoms with Crippen molar-refractivity contribution in [1.29, 1.82) is 0 Å². The lowest BCUT2D eigenvalue weighted by Gasteiger charge is -2.25. The van der Waals surface area contributed by atoms with E-state index in [0.717, 1.165) is 5.56 Å². The molecule has 1 unspecified atom stereocenters. The van der Waals surface area contributed by atoms with E-state index in [9.17, 15) is 0 Å². The molecule has 18 heavy (non-hydrogen) atoms. The van der Waals surface area contributed by atoms with Gasteiger partial charge in [0.15, 0.2) is 0 Å². The molecule has 1 aromatic heterocycles. The Kier molecular flexibility index (Phi) is 3.48. The Labute approximate surface area is 109 Å². The second-order valence-electron chi connectivity index (χ2n) is 5.60. The first kappa shape index (κ1) is 12.8. The van der Waals surface area contributed by atoms with Crippen LogP contribution in [-0.2, 0) is 5.41 Å². The Morgan fingerprint density at radius 3 is 2.39 bits per heavy atom. The van der Waals surface area contributed by atoms with Gasteiger partial charge in [0.2, 0.25) is 0 Å². The van der Waals surface area contributed by atoms with E-state index in [0.29, 0.717) is 0 Å². The quantitative estimate of drug-likeness (QED) is 0.873. The molecule has 94 valence electrons. The molecule has 1 heterocycles. The van der Waals surface area contributed by atoms with Gasteiger partial charge in [-0.15, -0.1) is 0 Å². The molecule has 0 aliphatic rings. The summed E-state index contributed by atoms with van der Waals surface area (Å²) in [7, 11) is 0. The van der Waals surface area contributed by atoms with E-state index in [1.807, 2.05) is 24.4 Å². The molecular formula is C16H20N2. The van der Waals surface area contributed by atoms with Crippen LogP contribution in [0.15, 0.2) is 48.8 Å². The zero-order chi connectivity index (χ0) is 13.2. The lowest BCUT2D eigenvalue weighted by atomic mass is 9.81.